The van der Waals surface area contributed by atoms with Crippen LogP contribution in [0.3, 0.4) is 0 Å². The van der Waals surface area contributed by atoms with Crippen molar-refractivity contribution < 1.29 is 9.18 Å². The molecule has 21 heavy (non-hydrogen) atoms. The maximum Gasteiger partial charge on any atom is 0.319 e. The fraction of sp³-hybridized carbons (Fsp3) is 0.562. The zero-order chi connectivity index (χ0) is 15.2. The van der Waals surface area contributed by atoms with Gasteiger partial charge in [0.1, 0.15) is 5.82 Å². The Morgan fingerprint density at radius 1 is 1.43 bits per heavy atom. The molecule has 1 saturated heterocycles. The topological polar surface area (TPSA) is 44.4 Å². The van der Waals surface area contributed by atoms with Crippen molar-refractivity contribution in [3.05, 3.63) is 30.1 Å². The quantitative estimate of drug-likeness (QED) is 0.896. The third-order valence-electron chi connectivity index (χ3n) is 3.75. The van der Waals surface area contributed by atoms with Gasteiger partial charge in [-0.25, -0.2) is 9.18 Å². The summed E-state index contributed by atoms with van der Waals surface area (Å²) in [6.45, 7) is 7.34. The summed E-state index contributed by atoms with van der Waals surface area (Å²) < 4.78 is 12.8. The van der Waals surface area contributed by atoms with Gasteiger partial charge in [-0.15, -0.1) is 0 Å². The molecule has 2 atom stereocenters. The second-order valence-electron chi connectivity index (χ2n) is 6.01. The molecule has 4 nitrogen and oxygen atoms in total. The molecule has 1 aliphatic rings. The van der Waals surface area contributed by atoms with Crippen molar-refractivity contribution in [1.82, 2.24) is 10.2 Å². The lowest BCUT2D eigenvalue weighted by molar-refractivity contribution is 0.170. The van der Waals surface area contributed by atoms with E-state index >= 15 is 0 Å². The number of likely N-dealkylation sites (tertiary alicyclic amines) is 1. The van der Waals surface area contributed by atoms with Gasteiger partial charge in [-0.1, -0.05) is 6.92 Å². The third-order valence-corrected chi connectivity index (χ3v) is 3.75. The lowest BCUT2D eigenvalue weighted by Gasteiger charge is -2.32. The van der Waals surface area contributed by atoms with Crippen LogP contribution in [0, 0.1) is 11.7 Å². The first-order chi connectivity index (χ1) is 10.0. The Bertz CT molecular complexity index is 463. The molecule has 5 heteroatoms. The van der Waals surface area contributed by atoms with E-state index in [0.29, 0.717) is 5.69 Å². The number of anilines is 1. The summed E-state index contributed by atoms with van der Waals surface area (Å²) in [7, 11) is 0. The molecule has 116 valence electrons. The van der Waals surface area contributed by atoms with Crippen molar-refractivity contribution in [1.29, 1.82) is 0 Å². The van der Waals surface area contributed by atoms with Gasteiger partial charge in [0.15, 0.2) is 0 Å². The minimum Gasteiger partial charge on any atom is -0.334 e. The van der Waals surface area contributed by atoms with Gasteiger partial charge in [-0.05, 0) is 56.5 Å². The highest BCUT2D eigenvalue weighted by Gasteiger charge is 2.18. The number of hydrogen-bond acceptors (Lipinski definition) is 2. The van der Waals surface area contributed by atoms with Gasteiger partial charge >= 0.3 is 6.03 Å². The van der Waals surface area contributed by atoms with Crippen molar-refractivity contribution in [3.8, 4) is 0 Å². The monoisotopic (exact) mass is 293 g/mol. The molecule has 0 saturated carbocycles. The van der Waals surface area contributed by atoms with Gasteiger partial charge in [-0.3, -0.25) is 0 Å². The zero-order valence-corrected chi connectivity index (χ0v) is 12.7. The maximum atomic E-state index is 12.8. The first-order valence-electron chi connectivity index (χ1n) is 7.58. The lowest BCUT2D eigenvalue weighted by Crippen LogP contribution is -2.46. The van der Waals surface area contributed by atoms with E-state index in [1.165, 1.54) is 25.0 Å². The highest BCUT2D eigenvalue weighted by molar-refractivity contribution is 5.89. The Morgan fingerprint density at radius 2 is 2.14 bits per heavy atom. The SMILES string of the molecule is C[C@H]1CCCN(C[C@@H](C)NC(=O)Nc2ccc(F)cc2)C1. The van der Waals surface area contributed by atoms with Crippen LogP contribution in [0.5, 0.6) is 0 Å². The standard InChI is InChI=1S/C16H24FN3O/c1-12-4-3-9-20(10-12)11-13(2)18-16(21)19-15-7-5-14(17)6-8-15/h5-8,12-13H,3-4,9-11H2,1-2H3,(H2,18,19,21)/t12-,13+/m0/s1. The largest absolute Gasteiger partial charge is 0.334 e. The molecule has 1 fully saturated rings. The number of piperidine rings is 1. The lowest BCUT2D eigenvalue weighted by atomic mass is 10.00. The van der Waals surface area contributed by atoms with Crippen LogP contribution in [0.25, 0.3) is 0 Å². The molecular formula is C16H24FN3O. The van der Waals surface area contributed by atoms with Crippen LogP contribution >= 0.6 is 0 Å². The van der Waals surface area contributed by atoms with Crippen molar-refractivity contribution in [2.75, 3.05) is 25.0 Å². The van der Waals surface area contributed by atoms with E-state index in [9.17, 15) is 9.18 Å². The second-order valence-corrected chi connectivity index (χ2v) is 6.01. The van der Waals surface area contributed by atoms with Crippen LogP contribution in [0.4, 0.5) is 14.9 Å². The molecule has 0 bridgehead atoms. The van der Waals surface area contributed by atoms with Crippen molar-refractivity contribution in [3.63, 3.8) is 0 Å². The number of hydrogen-bond donors (Lipinski definition) is 2. The molecule has 0 spiro atoms. The second kappa shape index (κ2) is 7.41. The summed E-state index contributed by atoms with van der Waals surface area (Å²) in [5, 5.41) is 5.63. The summed E-state index contributed by atoms with van der Waals surface area (Å²) in [4.78, 5) is 14.3. The summed E-state index contributed by atoms with van der Waals surface area (Å²) >= 11 is 0. The van der Waals surface area contributed by atoms with Crippen LogP contribution in [0.15, 0.2) is 24.3 Å². The summed E-state index contributed by atoms with van der Waals surface area (Å²) in [5.74, 6) is 0.424. The Kier molecular flexibility index (Phi) is 5.56. The highest BCUT2D eigenvalue weighted by atomic mass is 19.1. The molecule has 2 amide bonds. The smallest absolute Gasteiger partial charge is 0.319 e. The predicted octanol–water partition coefficient (Wildman–Crippen LogP) is 3.07. The molecule has 0 unspecified atom stereocenters. The van der Waals surface area contributed by atoms with Crippen LogP contribution in [-0.4, -0.2) is 36.6 Å². The first-order valence-corrected chi connectivity index (χ1v) is 7.58. The Balaban J connectivity index is 1.75. The Labute approximate surface area is 125 Å². The first kappa shape index (κ1) is 15.8. The van der Waals surface area contributed by atoms with Crippen molar-refractivity contribution in [2.24, 2.45) is 5.92 Å². The molecule has 2 rings (SSSR count). The Hall–Kier alpha value is -1.62. The Morgan fingerprint density at radius 3 is 2.81 bits per heavy atom. The van der Waals surface area contributed by atoms with Gasteiger partial charge in [-0.2, -0.15) is 0 Å². The third kappa shape index (κ3) is 5.34. The van der Waals surface area contributed by atoms with Crippen molar-refractivity contribution >= 4 is 11.7 Å². The molecule has 1 aromatic carbocycles. The molecule has 1 aliphatic heterocycles. The molecule has 0 aliphatic carbocycles. The fourth-order valence-corrected chi connectivity index (χ4v) is 2.81. The van der Waals surface area contributed by atoms with Gasteiger partial charge in [0, 0.05) is 24.8 Å². The average Bonchev–Trinajstić information content (AvgIpc) is 2.41. The number of amides is 2. The van der Waals surface area contributed by atoms with Gasteiger partial charge < -0.3 is 15.5 Å². The van der Waals surface area contributed by atoms with Crippen molar-refractivity contribution in [2.45, 2.75) is 32.7 Å². The highest BCUT2D eigenvalue weighted by Crippen LogP contribution is 2.15. The number of rotatable bonds is 4. The van der Waals surface area contributed by atoms with E-state index in [2.05, 4.69) is 22.5 Å². The molecule has 2 N–H and O–H groups in total. The average molecular weight is 293 g/mol. The molecular weight excluding hydrogens is 269 g/mol. The number of carbonyl (C=O) groups is 1. The number of halogens is 1. The van der Waals surface area contributed by atoms with E-state index in [1.54, 1.807) is 12.1 Å². The van der Waals surface area contributed by atoms with Gasteiger partial charge in [0.2, 0.25) is 0 Å². The maximum absolute atomic E-state index is 12.8. The molecule has 0 aromatic heterocycles. The fourth-order valence-electron chi connectivity index (χ4n) is 2.81. The summed E-state index contributed by atoms with van der Waals surface area (Å²) in [6, 6.07) is 5.58. The summed E-state index contributed by atoms with van der Waals surface area (Å²) in [6.07, 6.45) is 2.53. The van der Waals surface area contributed by atoms with E-state index in [4.69, 9.17) is 0 Å². The number of carbonyl (C=O) groups excluding carboxylic acids is 1. The minimum atomic E-state index is -0.312. The van der Waals surface area contributed by atoms with Gasteiger partial charge in [0.05, 0.1) is 0 Å². The zero-order valence-electron chi connectivity index (χ0n) is 12.7. The summed E-state index contributed by atoms with van der Waals surface area (Å²) in [5.41, 5.74) is 0.590. The van der Waals surface area contributed by atoms with Gasteiger partial charge in [0.25, 0.3) is 0 Å². The van der Waals surface area contributed by atoms with Crippen LogP contribution < -0.4 is 10.6 Å². The van der Waals surface area contributed by atoms with Crippen LogP contribution in [0.1, 0.15) is 26.7 Å². The van der Waals surface area contributed by atoms with Crippen LogP contribution in [0.2, 0.25) is 0 Å². The van der Waals surface area contributed by atoms with E-state index < -0.39 is 0 Å². The van der Waals surface area contributed by atoms with E-state index in [0.717, 1.165) is 25.6 Å². The molecule has 1 aromatic rings. The number of nitrogens with zero attached hydrogens (tertiary/aromatic N) is 1. The number of nitrogens with one attached hydrogen (secondary N) is 2. The molecule has 1 heterocycles. The number of benzene rings is 1. The van der Waals surface area contributed by atoms with Crippen LogP contribution in [-0.2, 0) is 0 Å². The van der Waals surface area contributed by atoms with E-state index in [-0.39, 0.29) is 17.9 Å². The minimum absolute atomic E-state index is 0.0794. The van der Waals surface area contributed by atoms with E-state index in [1.807, 2.05) is 6.92 Å². The predicted molar refractivity (Wildman–Crippen MR) is 82.9 cm³/mol. The molecule has 0 radical (unpaired) electrons. The number of urea groups is 1. The normalized spacial score (nSPS) is 20.8.